The maximum atomic E-state index is 5.65. The van der Waals surface area contributed by atoms with Gasteiger partial charge in [0.2, 0.25) is 0 Å². The standard InChI is InChI=1S/C11H15N5S/c1-8-10(17-7-15-8)6-16(2)11-9(5-12)13-3-4-14-11/h3-4,7H,5-6,12H2,1-2H3. The van der Waals surface area contributed by atoms with Gasteiger partial charge in [-0.1, -0.05) is 0 Å². The largest absolute Gasteiger partial charge is 0.353 e. The molecule has 0 radical (unpaired) electrons. The van der Waals surface area contributed by atoms with Crippen LogP contribution in [0.3, 0.4) is 0 Å². The number of nitrogens with two attached hydrogens (primary N) is 1. The topological polar surface area (TPSA) is 67.9 Å². The Hall–Kier alpha value is -1.53. The van der Waals surface area contributed by atoms with Crippen molar-refractivity contribution in [3.63, 3.8) is 0 Å². The number of thiazole rings is 1. The second-order valence-corrected chi connectivity index (χ2v) is 4.69. The van der Waals surface area contributed by atoms with Gasteiger partial charge in [0.1, 0.15) is 0 Å². The maximum Gasteiger partial charge on any atom is 0.151 e. The van der Waals surface area contributed by atoms with Crippen LogP contribution in [0.2, 0.25) is 0 Å². The second kappa shape index (κ2) is 5.20. The third-order valence-electron chi connectivity index (χ3n) is 2.53. The van der Waals surface area contributed by atoms with Gasteiger partial charge in [0.05, 0.1) is 23.4 Å². The van der Waals surface area contributed by atoms with E-state index in [1.165, 1.54) is 4.88 Å². The number of anilines is 1. The highest BCUT2D eigenvalue weighted by atomic mass is 32.1. The van der Waals surface area contributed by atoms with Gasteiger partial charge in [0, 0.05) is 30.9 Å². The number of hydrogen-bond acceptors (Lipinski definition) is 6. The highest BCUT2D eigenvalue weighted by Gasteiger charge is 2.11. The third-order valence-corrected chi connectivity index (χ3v) is 3.45. The summed E-state index contributed by atoms with van der Waals surface area (Å²) in [6.45, 7) is 3.19. The molecular weight excluding hydrogens is 234 g/mol. The Balaban J connectivity index is 2.20. The van der Waals surface area contributed by atoms with Crippen molar-refractivity contribution in [1.82, 2.24) is 15.0 Å². The molecule has 0 aliphatic heterocycles. The number of nitrogens with zero attached hydrogens (tertiary/aromatic N) is 4. The molecule has 0 saturated heterocycles. The van der Waals surface area contributed by atoms with E-state index < -0.39 is 0 Å². The zero-order chi connectivity index (χ0) is 12.3. The van der Waals surface area contributed by atoms with Crippen LogP contribution in [0.15, 0.2) is 17.9 Å². The summed E-state index contributed by atoms with van der Waals surface area (Å²) in [4.78, 5) is 16.1. The first-order valence-electron chi connectivity index (χ1n) is 5.32. The molecule has 0 bridgehead atoms. The Bertz CT molecular complexity index is 496. The molecule has 5 nitrogen and oxygen atoms in total. The van der Waals surface area contributed by atoms with Crippen LogP contribution in [0, 0.1) is 6.92 Å². The highest BCUT2D eigenvalue weighted by molar-refractivity contribution is 7.09. The van der Waals surface area contributed by atoms with E-state index in [1.807, 2.05) is 19.5 Å². The number of aryl methyl sites for hydroxylation is 1. The summed E-state index contributed by atoms with van der Waals surface area (Å²) >= 11 is 1.65. The lowest BCUT2D eigenvalue weighted by Crippen LogP contribution is -2.20. The van der Waals surface area contributed by atoms with Gasteiger partial charge in [-0.2, -0.15) is 0 Å². The predicted octanol–water partition coefficient (Wildman–Crippen LogP) is 1.34. The summed E-state index contributed by atoms with van der Waals surface area (Å²) in [5, 5.41) is 0. The van der Waals surface area contributed by atoms with Crippen LogP contribution in [-0.2, 0) is 13.1 Å². The molecule has 2 rings (SSSR count). The van der Waals surface area contributed by atoms with Crippen molar-refractivity contribution < 1.29 is 0 Å². The average Bonchev–Trinajstić information content (AvgIpc) is 2.75. The smallest absolute Gasteiger partial charge is 0.151 e. The molecule has 0 saturated carbocycles. The van der Waals surface area contributed by atoms with Crippen molar-refractivity contribution in [2.75, 3.05) is 11.9 Å². The van der Waals surface area contributed by atoms with E-state index in [4.69, 9.17) is 5.73 Å². The van der Waals surface area contributed by atoms with Crippen molar-refractivity contribution in [3.8, 4) is 0 Å². The van der Waals surface area contributed by atoms with Gasteiger partial charge in [-0.25, -0.2) is 9.97 Å². The van der Waals surface area contributed by atoms with Gasteiger partial charge in [-0.05, 0) is 6.92 Å². The molecule has 0 fully saturated rings. The molecule has 0 atom stereocenters. The van der Waals surface area contributed by atoms with Gasteiger partial charge in [0.25, 0.3) is 0 Å². The van der Waals surface area contributed by atoms with Crippen LogP contribution < -0.4 is 10.6 Å². The fourth-order valence-corrected chi connectivity index (χ4v) is 2.42. The molecule has 6 heteroatoms. The van der Waals surface area contributed by atoms with Gasteiger partial charge in [0.15, 0.2) is 5.82 Å². The van der Waals surface area contributed by atoms with Crippen LogP contribution in [-0.4, -0.2) is 22.0 Å². The first-order valence-corrected chi connectivity index (χ1v) is 6.20. The second-order valence-electron chi connectivity index (χ2n) is 3.75. The molecule has 2 aromatic rings. The van der Waals surface area contributed by atoms with Crippen molar-refractivity contribution in [1.29, 1.82) is 0 Å². The summed E-state index contributed by atoms with van der Waals surface area (Å²) < 4.78 is 0. The molecule has 0 spiro atoms. The Labute approximate surface area is 104 Å². The summed E-state index contributed by atoms with van der Waals surface area (Å²) in [7, 11) is 1.99. The molecule has 17 heavy (non-hydrogen) atoms. The molecule has 2 heterocycles. The average molecular weight is 249 g/mol. The lowest BCUT2D eigenvalue weighted by Gasteiger charge is -2.19. The van der Waals surface area contributed by atoms with E-state index in [9.17, 15) is 0 Å². The zero-order valence-electron chi connectivity index (χ0n) is 9.92. The SMILES string of the molecule is Cc1ncsc1CN(C)c1nccnc1CN. The minimum absolute atomic E-state index is 0.398. The summed E-state index contributed by atoms with van der Waals surface area (Å²) in [5.41, 5.74) is 9.40. The number of aromatic nitrogens is 3. The Morgan fingerprint density at radius 3 is 2.71 bits per heavy atom. The summed E-state index contributed by atoms with van der Waals surface area (Å²) in [6.07, 6.45) is 3.35. The molecule has 0 unspecified atom stereocenters. The lowest BCUT2D eigenvalue weighted by molar-refractivity contribution is 0.855. The maximum absolute atomic E-state index is 5.65. The fourth-order valence-electron chi connectivity index (χ4n) is 1.59. The lowest BCUT2D eigenvalue weighted by atomic mass is 10.3. The van der Waals surface area contributed by atoms with E-state index >= 15 is 0 Å². The van der Waals surface area contributed by atoms with Crippen molar-refractivity contribution in [2.24, 2.45) is 5.73 Å². The van der Waals surface area contributed by atoms with Gasteiger partial charge in [-0.3, -0.25) is 4.98 Å². The third kappa shape index (κ3) is 2.59. The van der Waals surface area contributed by atoms with Crippen molar-refractivity contribution in [3.05, 3.63) is 34.2 Å². The quantitative estimate of drug-likeness (QED) is 0.885. The minimum atomic E-state index is 0.398. The highest BCUT2D eigenvalue weighted by Crippen LogP contribution is 2.19. The molecule has 90 valence electrons. The molecule has 2 aromatic heterocycles. The van der Waals surface area contributed by atoms with Crippen LogP contribution in [0.25, 0.3) is 0 Å². The molecule has 0 amide bonds. The first-order chi connectivity index (χ1) is 8.22. The van der Waals surface area contributed by atoms with E-state index in [-0.39, 0.29) is 0 Å². The molecule has 0 aromatic carbocycles. The molecule has 0 aliphatic carbocycles. The van der Waals surface area contributed by atoms with Crippen LogP contribution in [0.1, 0.15) is 16.3 Å². The fraction of sp³-hybridized carbons (Fsp3) is 0.364. The zero-order valence-corrected chi connectivity index (χ0v) is 10.7. The normalized spacial score (nSPS) is 10.5. The van der Waals surface area contributed by atoms with Gasteiger partial charge >= 0.3 is 0 Å². The summed E-state index contributed by atoms with van der Waals surface area (Å²) in [6, 6.07) is 0. The summed E-state index contributed by atoms with van der Waals surface area (Å²) in [5.74, 6) is 0.836. The monoisotopic (exact) mass is 249 g/mol. The van der Waals surface area contributed by atoms with E-state index in [0.717, 1.165) is 23.8 Å². The predicted molar refractivity (Wildman–Crippen MR) is 68.9 cm³/mol. The Morgan fingerprint density at radius 1 is 1.29 bits per heavy atom. The molecule has 2 N–H and O–H groups in total. The van der Waals surface area contributed by atoms with E-state index in [0.29, 0.717) is 6.54 Å². The number of hydrogen-bond donors (Lipinski definition) is 1. The molecule has 0 aliphatic rings. The first kappa shape index (κ1) is 11.9. The Kier molecular flexibility index (Phi) is 3.65. The van der Waals surface area contributed by atoms with E-state index in [1.54, 1.807) is 23.7 Å². The van der Waals surface area contributed by atoms with E-state index in [2.05, 4.69) is 19.9 Å². The van der Waals surface area contributed by atoms with Gasteiger partial charge in [-0.15, -0.1) is 11.3 Å². The van der Waals surface area contributed by atoms with Gasteiger partial charge < -0.3 is 10.6 Å². The van der Waals surface area contributed by atoms with Crippen molar-refractivity contribution in [2.45, 2.75) is 20.0 Å². The minimum Gasteiger partial charge on any atom is -0.353 e. The van der Waals surface area contributed by atoms with Crippen LogP contribution in [0.5, 0.6) is 0 Å². The molecular formula is C11H15N5S. The van der Waals surface area contributed by atoms with Crippen LogP contribution >= 0.6 is 11.3 Å². The van der Waals surface area contributed by atoms with Crippen LogP contribution in [0.4, 0.5) is 5.82 Å². The number of rotatable bonds is 4. The Morgan fingerprint density at radius 2 is 2.06 bits per heavy atom. The van der Waals surface area contributed by atoms with Crippen molar-refractivity contribution >= 4 is 17.2 Å².